The Morgan fingerprint density at radius 2 is 1.74 bits per heavy atom. The SMILES string of the molecule is O=C(COc1cccc2c1CCCC2)NCc1ccc(N2CCCC2)cc1. The number of benzene rings is 2. The minimum atomic E-state index is -0.0768. The molecule has 142 valence electrons. The molecule has 1 fully saturated rings. The molecule has 27 heavy (non-hydrogen) atoms. The third kappa shape index (κ3) is 4.44. The van der Waals surface area contributed by atoms with Crippen LogP contribution in [0.4, 0.5) is 5.69 Å². The second kappa shape index (κ2) is 8.47. The highest BCUT2D eigenvalue weighted by Crippen LogP contribution is 2.29. The van der Waals surface area contributed by atoms with Crippen molar-refractivity contribution in [2.45, 2.75) is 45.1 Å². The molecule has 1 amide bonds. The maximum atomic E-state index is 12.2. The van der Waals surface area contributed by atoms with Gasteiger partial charge in [0.1, 0.15) is 5.75 Å². The Hall–Kier alpha value is -2.49. The number of carbonyl (C=O) groups excluding carboxylic acids is 1. The summed E-state index contributed by atoms with van der Waals surface area (Å²) < 4.78 is 5.82. The molecule has 1 saturated heterocycles. The van der Waals surface area contributed by atoms with Crippen LogP contribution in [-0.4, -0.2) is 25.6 Å². The van der Waals surface area contributed by atoms with E-state index in [1.807, 2.05) is 12.1 Å². The number of fused-ring (bicyclic) bond motifs is 1. The van der Waals surface area contributed by atoms with Crippen LogP contribution >= 0.6 is 0 Å². The predicted octanol–water partition coefficient (Wildman–Crippen LogP) is 3.86. The second-order valence-electron chi connectivity index (χ2n) is 7.53. The first-order valence-corrected chi connectivity index (χ1v) is 10.1. The fourth-order valence-corrected chi connectivity index (χ4v) is 4.08. The molecule has 0 radical (unpaired) electrons. The van der Waals surface area contributed by atoms with Gasteiger partial charge in [0.25, 0.3) is 5.91 Å². The molecule has 2 aliphatic rings. The molecule has 4 rings (SSSR count). The molecule has 2 aromatic carbocycles. The van der Waals surface area contributed by atoms with Gasteiger partial charge in [0.05, 0.1) is 0 Å². The highest BCUT2D eigenvalue weighted by molar-refractivity contribution is 5.77. The van der Waals surface area contributed by atoms with Gasteiger partial charge in [-0.15, -0.1) is 0 Å². The summed E-state index contributed by atoms with van der Waals surface area (Å²) in [4.78, 5) is 14.6. The number of carbonyl (C=O) groups is 1. The molecule has 4 nitrogen and oxygen atoms in total. The molecule has 0 atom stereocenters. The molecule has 1 heterocycles. The molecule has 0 aromatic heterocycles. The number of nitrogens with one attached hydrogen (secondary N) is 1. The van der Waals surface area contributed by atoms with Gasteiger partial charge in [-0.3, -0.25) is 4.79 Å². The van der Waals surface area contributed by atoms with Crippen molar-refractivity contribution in [2.75, 3.05) is 24.6 Å². The number of hydrogen-bond acceptors (Lipinski definition) is 3. The molecule has 1 aliphatic carbocycles. The normalized spacial score (nSPS) is 16.1. The molecule has 4 heteroatoms. The Balaban J connectivity index is 1.26. The van der Waals surface area contributed by atoms with E-state index in [1.54, 1.807) is 0 Å². The lowest BCUT2D eigenvalue weighted by Crippen LogP contribution is -2.28. The molecule has 0 unspecified atom stereocenters. The van der Waals surface area contributed by atoms with Crippen molar-refractivity contribution in [2.24, 2.45) is 0 Å². The van der Waals surface area contributed by atoms with Crippen LogP contribution in [-0.2, 0) is 24.2 Å². The standard InChI is InChI=1S/C23H28N2O2/c26-23(17-27-22-9-5-7-19-6-1-2-8-21(19)22)24-16-18-10-12-20(13-11-18)25-14-3-4-15-25/h5,7,9-13H,1-4,6,8,14-17H2,(H,24,26). The number of rotatable bonds is 6. The summed E-state index contributed by atoms with van der Waals surface area (Å²) in [6.07, 6.45) is 7.17. The average Bonchev–Trinajstić information content (AvgIpc) is 3.26. The second-order valence-corrected chi connectivity index (χ2v) is 7.53. The van der Waals surface area contributed by atoms with Crippen molar-refractivity contribution in [3.05, 3.63) is 59.2 Å². The van der Waals surface area contributed by atoms with Crippen molar-refractivity contribution in [3.63, 3.8) is 0 Å². The van der Waals surface area contributed by atoms with Crippen LogP contribution in [0.2, 0.25) is 0 Å². The molecule has 1 N–H and O–H groups in total. The third-order valence-electron chi connectivity index (χ3n) is 5.61. The summed E-state index contributed by atoms with van der Waals surface area (Å²) in [6, 6.07) is 14.7. The molecule has 2 aromatic rings. The van der Waals surface area contributed by atoms with Gasteiger partial charge >= 0.3 is 0 Å². The monoisotopic (exact) mass is 364 g/mol. The van der Waals surface area contributed by atoms with Gasteiger partial charge < -0.3 is 15.0 Å². The van der Waals surface area contributed by atoms with Crippen molar-refractivity contribution >= 4 is 11.6 Å². The highest BCUT2D eigenvalue weighted by atomic mass is 16.5. The summed E-state index contributed by atoms with van der Waals surface area (Å²) in [5.41, 5.74) is 5.05. The molecule has 0 spiro atoms. The molecule has 1 aliphatic heterocycles. The highest BCUT2D eigenvalue weighted by Gasteiger charge is 2.15. The maximum absolute atomic E-state index is 12.2. The number of aryl methyl sites for hydroxylation is 1. The zero-order chi connectivity index (χ0) is 18.5. The van der Waals surface area contributed by atoms with Gasteiger partial charge in [0.15, 0.2) is 6.61 Å². The molecule has 0 saturated carbocycles. The Morgan fingerprint density at radius 3 is 2.56 bits per heavy atom. The molecule has 0 bridgehead atoms. The molecular formula is C23H28N2O2. The molecular weight excluding hydrogens is 336 g/mol. The quantitative estimate of drug-likeness (QED) is 0.846. The van der Waals surface area contributed by atoms with Crippen LogP contribution in [0.5, 0.6) is 5.75 Å². The number of ether oxygens (including phenoxy) is 1. The summed E-state index contributed by atoms with van der Waals surface area (Å²) in [5, 5.41) is 2.96. The number of anilines is 1. The topological polar surface area (TPSA) is 41.6 Å². The Kier molecular flexibility index (Phi) is 5.61. The van der Waals surface area contributed by atoms with Crippen molar-refractivity contribution in [1.29, 1.82) is 0 Å². The fourth-order valence-electron chi connectivity index (χ4n) is 4.08. The maximum Gasteiger partial charge on any atom is 0.258 e. The lowest BCUT2D eigenvalue weighted by molar-refractivity contribution is -0.123. The minimum absolute atomic E-state index is 0.0717. The van der Waals surface area contributed by atoms with Gasteiger partial charge in [0, 0.05) is 25.3 Å². The Labute approximate surface area is 161 Å². The first kappa shape index (κ1) is 17.9. The summed E-state index contributed by atoms with van der Waals surface area (Å²) in [7, 11) is 0. The van der Waals surface area contributed by atoms with E-state index in [0.29, 0.717) is 6.54 Å². The predicted molar refractivity (Wildman–Crippen MR) is 108 cm³/mol. The fraction of sp³-hybridized carbons (Fsp3) is 0.435. The van der Waals surface area contributed by atoms with E-state index >= 15 is 0 Å². The Morgan fingerprint density at radius 1 is 0.963 bits per heavy atom. The smallest absolute Gasteiger partial charge is 0.258 e. The van der Waals surface area contributed by atoms with Gasteiger partial charge in [-0.05, 0) is 73.4 Å². The first-order chi connectivity index (χ1) is 13.3. The summed E-state index contributed by atoms with van der Waals surface area (Å²) >= 11 is 0. The van der Waals surface area contributed by atoms with E-state index in [0.717, 1.165) is 37.2 Å². The van der Waals surface area contributed by atoms with Crippen molar-refractivity contribution in [3.8, 4) is 5.75 Å². The lowest BCUT2D eigenvalue weighted by Gasteiger charge is -2.19. The van der Waals surface area contributed by atoms with Crippen LogP contribution in [0.3, 0.4) is 0 Å². The van der Waals surface area contributed by atoms with Crippen molar-refractivity contribution in [1.82, 2.24) is 5.32 Å². The first-order valence-electron chi connectivity index (χ1n) is 10.1. The van der Waals surface area contributed by atoms with E-state index in [9.17, 15) is 4.79 Å². The van der Waals surface area contributed by atoms with E-state index in [1.165, 1.54) is 42.5 Å². The largest absolute Gasteiger partial charge is 0.483 e. The summed E-state index contributed by atoms with van der Waals surface area (Å²) in [5.74, 6) is 0.796. The van der Waals surface area contributed by atoms with Crippen LogP contribution in [0, 0.1) is 0 Å². The number of hydrogen-bond donors (Lipinski definition) is 1. The van der Waals surface area contributed by atoms with Crippen molar-refractivity contribution < 1.29 is 9.53 Å². The average molecular weight is 364 g/mol. The van der Waals surface area contributed by atoms with Crippen LogP contribution in [0.1, 0.15) is 42.4 Å². The van der Waals surface area contributed by atoms with E-state index in [-0.39, 0.29) is 12.5 Å². The van der Waals surface area contributed by atoms with Crippen LogP contribution < -0.4 is 15.0 Å². The lowest BCUT2D eigenvalue weighted by atomic mass is 9.91. The van der Waals surface area contributed by atoms with Crippen LogP contribution in [0.25, 0.3) is 0 Å². The zero-order valence-electron chi connectivity index (χ0n) is 15.9. The number of nitrogens with zero attached hydrogens (tertiary/aromatic N) is 1. The Bertz CT molecular complexity index is 779. The van der Waals surface area contributed by atoms with E-state index in [4.69, 9.17) is 4.74 Å². The summed E-state index contributed by atoms with van der Waals surface area (Å²) in [6.45, 7) is 2.91. The van der Waals surface area contributed by atoms with Gasteiger partial charge in [0.2, 0.25) is 0 Å². The zero-order valence-corrected chi connectivity index (χ0v) is 15.9. The minimum Gasteiger partial charge on any atom is -0.483 e. The van der Waals surface area contributed by atoms with E-state index < -0.39 is 0 Å². The van der Waals surface area contributed by atoms with Gasteiger partial charge in [-0.1, -0.05) is 24.3 Å². The number of amides is 1. The van der Waals surface area contributed by atoms with Gasteiger partial charge in [-0.2, -0.15) is 0 Å². The van der Waals surface area contributed by atoms with Crippen LogP contribution in [0.15, 0.2) is 42.5 Å². The van der Waals surface area contributed by atoms with Gasteiger partial charge in [-0.25, -0.2) is 0 Å². The third-order valence-corrected chi connectivity index (χ3v) is 5.61. The van der Waals surface area contributed by atoms with E-state index in [2.05, 4.69) is 40.5 Å².